The van der Waals surface area contributed by atoms with Crippen molar-refractivity contribution in [2.45, 2.75) is 6.54 Å². The Labute approximate surface area is 88.4 Å². The minimum absolute atomic E-state index is 0.120. The molecule has 86 valence electrons. The average Bonchev–Trinajstić information content (AvgIpc) is 2.26. The molecule has 0 unspecified atom stereocenters. The number of rotatable bonds is 3. The molecule has 0 aliphatic carbocycles. The number of amides is 2. The molecule has 1 heterocycles. The topological polar surface area (TPSA) is 127 Å². The maximum Gasteiger partial charge on any atom is 0.340 e. The van der Waals surface area contributed by atoms with Crippen molar-refractivity contribution >= 4 is 6.03 Å². The number of hydrogen-bond acceptors (Lipinski definition) is 5. The predicted molar refractivity (Wildman–Crippen MR) is 53.5 cm³/mol. The number of carbonyl (C=O) groups is 1. The Bertz CT molecular complexity index is 504. The summed E-state index contributed by atoms with van der Waals surface area (Å²) in [5.74, 6) is 0. The normalized spacial score (nSPS) is 9.56. The van der Waals surface area contributed by atoms with Gasteiger partial charge in [0.2, 0.25) is 0 Å². The summed E-state index contributed by atoms with van der Waals surface area (Å²) in [5.41, 5.74) is -1.08. The second-order valence-corrected chi connectivity index (χ2v) is 2.86. The van der Waals surface area contributed by atoms with E-state index in [-0.39, 0.29) is 12.1 Å². The smallest absolute Gasteiger partial charge is 0.332 e. The minimum atomic E-state index is -0.749. The van der Waals surface area contributed by atoms with Crippen LogP contribution in [0.25, 0.3) is 0 Å². The standard InChI is InChI=1S/C7H9N5O4/c1-12(11-16)7(15)9-3-4-2-8-6(14)10-5(4)13/h2H,3H2,1H3,(H,9,15)(H2,8,10,13,14). The van der Waals surface area contributed by atoms with Crippen LogP contribution in [0.3, 0.4) is 0 Å². The zero-order chi connectivity index (χ0) is 12.1. The minimum Gasteiger partial charge on any atom is -0.332 e. The molecular weight excluding hydrogens is 218 g/mol. The van der Waals surface area contributed by atoms with E-state index in [1.807, 2.05) is 4.98 Å². The number of aromatic nitrogens is 2. The van der Waals surface area contributed by atoms with E-state index < -0.39 is 17.3 Å². The lowest BCUT2D eigenvalue weighted by Gasteiger charge is -2.07. The number of hydrogen-bond donors (Lipinski definition) is 3. The molecule has 9 nitrogen and oxygen atoms in total. The molecule has 2 amide bonds. The third-order valence-electron chi connectivity index (χ3n) is 1.74. The van der Waals surface area contributed by atoms with Crippen LogP contribution in [-0.4, -0.2) is 28.1 Å². The summed E-state index contributed by atoms with van der Waals surface area (Å²) in [5, 5.41) is 5.17. The molecule has 9 heteroatoms. The van der Waals surface area contributed by atoms with Gasteiger partial charge in [0.05, 0.1) is 17.4 Å². The van der Waals surface area contributed by atoms with Crippen LogP contribution in [0.1, 0.15) is 5.56 Å². The van der Waals surface area contributed by atoms with Gasteiger partial charge in [0.25, 0.3) is 5.56 Å². The van der Waals surface area contributed by atoms with Crippen LogP contribution in [0, 0.1) is 4.91 Å². The van der Waals surface area contributed by atoms with Crippen molar-refractivity contribution in [1.29, 1.82) is 0 Å². The van der Waals surface area contributed by atoms with Crippen LogP contribution < -0.4 is 16.6 Å². The summed E-state index contributed by atoms with van der Waals surface area (Å²) in [6.45, 7) is -0.120. The maximum absolute atomic E-state index is 11.2. The lowest BCUT2D eigenvalue weighted by molar-refractivity contribution is 0.209. The molecule has 16 heavy (non-hydrogen) atoms. The van der Waals surface area contributed by atoms with E-state index in [0.717, 1.165) is 0 Å². The molecule has 0 radical (unpaired) electrons. The van der Waals surface area contributed by atoms with Gasteiger partial charge in [-0.05, 0) is 0 Å². The van der Waals surface area contributed by atoms with E-state index in [1.54, 1.807) is 0 Å². The van der Waals surface area contributed by atoms with Crippen molar-refractivity contribution in [2.24, 2.45) is 5.29 Å². The van der Waals surface area contributed by atoms with Crippen LogP contribution in [0.15, 0.2) is 21.1 Å². The van der Waals surface area contributed by atoms with Gasteiger partial charge in [0.1, 0.15) is 0 Å². The van der Waals surface area contributed by atoms with Crippen molar-refractivity contribution in [3.8, 4) is 0 Å². The molecule has 0 atom stereocenters. The van der Waals surface area contributed by atoms with Crippen LogP contribution in [0.5, 0.6) is 0 Å². The van der Waals surface area contributed by atoms with Gasteiger partial charge in [-0.3, -0.25) is 9.78 Å². The summed E-state index contributed by atoms with van der Waals surface area (Å²) in [7, 11) is 1.17. The number of nitroso groups, excluding NO2 is 1. The molecule has 1 aromatic rings. The van der Waals surface area contributed by atoms with Crippen molar-refractivity contribution in [1.82, 2.24) is 20.3 Å². The summed E-state index contributed by atoms with van der Waals surface area (Å²) in [4.78, 5) is 47.1. The molecule has 0 saturated heterocycles. The highest BCUT2D eigenvalue weighted by Gasteiger charge is 2.08. The Morgan fingerprint density at radius 1 is 1.56 bits per heavy atom. The quantitative estimate of drug-likeness (QED) is 0.446. The van der Waals surface area contributed by atoms with Crippen molar-refractivity contribution in [3.05, 3.63) is 37.5 Å². The third kappa shape index (κ3) is 2.77. The van der Waals surface area contributed by atoms with E-state index in [1.165, 1.54) is 13.2 Å². The van der Waals surface area contributed by atoms with Gasteiger partial charge in [-0.2, -0.15) is 5.01 Å². The lowest BCUT2D eigenvalue weighted by atomic mass is 10.3. The summed E-state index contributed by atoms with van der Waals surface area (Å²) in [6, 6.07) is -0.749. The average molecular weight is 227 g/mol. The van der Waals surface area contributed by atoms with E-state index in [9.17, 15) is 19.3 Å². The Morgan fingerprint density at radius 2 is 2.25 bits per heavy atom. The van der Waals surface area contributed by atoms with E-state index in [2.05, 4.69) is 15.6 Å². The lowest BCUT2D eigenvalue weighted by Crippen LogP contribution is -2.35. The van der Waals surface area contributed by atoms with Crippen LogP contribution >= 0.6 is 0 Å². The van der Waals surface area contributed by atoms with Crippen molar-refractivity contribution in [3.63, 3.8) is 0 Å². The molecule has 0 spiro atoms. The zero-order valence-electron chi connectivity index (χ0n) is 8.31. The summed E-state index contributed by atoms with van der Waals surface area (Å²) >= 11 is 0. The number of H-pyrrole nitrogens is 2. The number of nitrogens with zero attached hydrogens (tertiary/aromatic N) is 2. The zero-order valence-corrected chi connectivity index (χ0v) is 8.31. The van der Waals surface area contributed by atoms with Crippen LogP contribution in [0.4, 0.5) is 4.79 Å². The Hall–Kier alpha value is -2.45. The second kappa shape index (κ2) is 4.87. The van der Waals surface area contributed by atoms with Gasteiger partial charge in [0, 0.05) is 13.2 Å². The fourth-order valence-corrected chi connectivity index (χ4v) is 0.891. The van der Waals surface area contributed by atoms with Gasteiger partial charge < -0.3 is 10.3 Å². The molecule has 0 aliphatic heterocycles. The number of carbonyl (C=O) groups excluding carboxylic acids is 1. The highest BCUT2D eigenvalue weighted by molar-refractivity contribution is 5.73. The Balaban J connectivity index is 2.69. The summed E-state index contributed by atoms with van der Waals surface area (Å²) < 4.78 is 0. The highest BCUT2D eigenvalue weighted by Crippen LogP contribution is 1.87. The van der Waals surface area contributed by atoms with E-state index in [4.69, 9.17) is 0 Å². The van der Waals surface area contributed by atoms with Gasteiger partial charge in [0.15, 0.2) is 0 Å². The molecular formula is C7H9N5O4. The molecule has 0 aromatic carbocycles. The van der Waals surface area contributed by atoms with Gasteiger partial charge in [-0.25, -0.2) is 9.59 Å². The number of aromatic amines is 2. The van der Waals surface area contributed by atoms with E-state index >= 15 is 0 Å². The Morgan fingerprint density at radius 3 is 2.81 bits per heavy atom. The van der Waals surface area contributed by atoms with Gasteiger partial charge in [-0.1, -0.05) is 0 Å². The molecule has 3 N–H and O–H groups in total. The fraction of sp³-hybridized carbons (Fsp3) is 0.286. The van der Waals surface area contributed by atoms with Crippen molar-refractivity contribution < 1.29 is 4.79 Å². The maximum atomic E-state index is 11.2. The Kier molecular flexibility index (Phi) is 3.53. The van der Waals surface area contributed by atoms with E-state index in [0.29, 0.717) is 5.01 Å². The molecule has 0 bridgehead atoms. The third-order valence-corrected chi connectivity index (χ3v) is 1.74. The first-order valence-electron chi connectivity index (χ1n) is 4.20. The molecule has 0 fully saturated rings. The molecule has 1 rings (SSSR count). The fourth-order valence-electron chi connectivity index (χ4n) is 0.891. The van der Waals surface area contributed by atoms with Crippen LogP contribution in [0.2, 0.25) is 0 Å². The van der Waals surface area contributed by atoms with Gasteiger partial charge in [-0.15, -0.1) is 4.91 Å². The second-order valence-electron chi connectivity index (χ2n) is 2.86. The largest absolute Gasteiger partial charge is 0.340 e. The molecule has 0 aliphatic rings. The number of nitrogens with one attached hydrogen (secondary N) is 3. The SMILES string of the molecule is CN(N=O)C(=O)NCc1c[nH]c(=O)[nH]c1=O. The summed E-state index contributed by atoms with van der Waals surface area (Å²) in [6.07, 6.45) is 1.18. The number of urea groups is 1. The monoisotopic (exact) mass is 227 g/mol. The van der Waals surface area contributed by atoms with Gasteiger partial charge >= 0.3 is 11.7 Å². The first-order chi connectivity index (χ1) is 7.54. The first-order valence-corrected chi connectivity index (χ1v) is 4.20. The highest BCUT2D eigenvalue weighted by atomic mass is 16.3. The predicted octanol–water partition coefficient (Wildman–Crippen LogP) is -1.11. The van der Waals surface area contributed by atoms with Crippen LogP contribution in [-0.2, 0) is 6.54 Å². The van der Waals surface area contributed by atoms with Crippen molar-refractivity contribution in [2.75, 3.05) is 7.05 Å². The molecule has 0 saturated carbocycles. The first kappa shape index (κ1) is 11.6. The molecule has 1 aromatic heterocycles.